The lowest BCUT2D eigenvalue weighted by atomic mass is 10.0. The first-order chi connectivity index (χ1) is 9.72. The van der Waals surface area contributed by atoms with Crippen molar-refractivity contribution >= 4 is 5.95 Å². The number of hydrogen-bond acceptors (Lipinski definition) is 4. The molecule has 1 aliphatic heterocycles. The van der Waals surface area contributed by atoms with Crippen LogP contribution in [0.3, 0.4) is 0 Å². The molecular formula is C16H20N4. The van der Waals surface area contributed by atoms with Crippen LogP contribution in [-0.2, 0) is 0 Å². The van der Waals surface area contributed by atoms with Gasteiger partial charge in [-0.2, -0.15) is 0 Å². The van der Waals surface area contributed by atoms with Gasteiger partial charge in [0.2, 0.25) is 5.95 Å². The summed E-state index contributed by atoms with van der Waals surface area (Å²) in [5.74, 6) is 0.716. The molecule has 1 aliphatic rings. The molecule has 2 heterocycles. The number of hydrogen-bond donors (Lipinski definition) is 2. The molecule has 2 N–H and O–H groups in total. The summed E-state index contributed by atoms with van der Waals surface area (Å²) in [7, 11) is 0. The van der Waals surface area contributed by atoms with E-state index in [0.29, 0.717) is 12.0 Å². The molecule has 1 unspecified atom stereocenters. The Labute approximate surface area is 119 Å². The smallest absolute Gasteiger partial charge is 0.222 e. The lowest BCUT2D eigenvalue weighted by molar-refractivity contribution is 0.780. The molecule has 0 bridgehead atoms. The number of benzene rings is 1. The fourth-order valence-corrected chi connectivity index (χ4v) is 2.55. The average Bonchev–Trinajstić information content (AvgIpc) is 2.95. The van der Waals surface area contributed by atoms with Gasteiger partial charge in [-0.05, 0) is 37.9 Å². The van der Waals surface area contributed by atoms with Gasteiger partial charge in [-0.25, -0.2) is 9.97 Å². The third kappa shape index (κ3) is 2.80. The monoisotopic (exact) mass is 268 g/mol. The molecule has 4 heteroatoms. The third-order valence-corrected chi connectivity index (χ3v) is 3.75. The van der Waals surface area contributed by atoms with Crippen LogP contribution in [0.2, 0.25) is 0 Å². The molecule has 1 aromatic carbocycles. The second-order valence-corrected chi connectivity index (χ2v) is 5.45. The Kier molecular flexibility index (Phi) is 3.65. The maximum atomic E-state index is 4.44. The van der Waals surface area contributed by atoms with Crippen molar-refractivity contribution in [3.05, 3.63) is 41.7 Å². The number of nitrogens with zero attached hydrogens (tertiary/aromatic N) is 2. The molecule has 3 rings (SSSR count). The van der Waals surface area contributed by atoms with Crippen LogP contribution in [0.15, 0.2) is 30.6 Å². The van der Waals surface area contributed by atoms with E-state index in [4.69, 9.17) is 0 Å². The summed E-state index contributed by atoms with van der Waals surface area (Å²) >= 11 is 0. The highest BCUT2D eigenvalue weighted by molar-refractivity contribution is 5.66. The quantitative estimate of drug-likeness (QED) is 0.898. The number of anilines is 1. The lowest BCUT2D eigenvalue weighted by Crippen LogP contribution is -2.23. The van der Waals surface area contributed by atoms with Crippen LogP contribution in [0.4, 0.5) is 5.95 Å². The van der Waals surface area contributed by atoms with Gasteiger partial charge in [0.25, 0.3) is 0 Å². The molecule has 0 amide bonds. The largest absolute Gasteiger partial charge is 0.350 e. The van der Waals surface area contributed by atoms with Crippen LogP contribution in [0.1, 0.15) is 17.5 Å². The molecule has 20 heavy (non-hydrogen) atoms. The summed E-state index contributed by atoms with van der Waals surface area (Å²) in [5, 5.41) is 6.69. The van der Waals surface area contributed by atoms with Gasteiger partial charge >= 0.3 is 0 Å². The van der Waals surface area contributed by atoms with E-state index in [9.17, 15) is 0 Å². The van der Waals surface area contributed by atoms with E-state index in [1.54, 1.807) is 0 Å². The van der Waals surface area contributed by atoms with E-state index in [1.807, 2.05) is 12.4 Å². The summed E-state index contributed by atoms with van der Waals surface area (Å²) < 4.78 is 0. The molecule has 4 nitrogen and oxygen atoms in total. The summed E-state index contributed by atoms with van der Waals surface area (Å²) in [6, 6.07) is 6.90. The zero-order valence-electron chi connectivity index (χ0n) is 12.0. The highest BCUT2D eigenvalue weighted by atomic mass is 15.1. The van der Waals surface area contributed by atoms with Gasteiger partial charge in [-0.15, -0.1) is 0 Å². The first kappa shape index (κ1) is 13.1. The van der Waals surface area contributed by atoms with Gasteiger partial charge in [0.05, 0.1) is 0 Å². The van der Waals surface area contributed by atoms with Gasteiger partial charge in [0.15, 0.2) is 0 Å². The average molecular weight is 268 g/mol. The molecule has 1 atom stereocenters. The van der Waals surface area contributed by atoms with Crippen molar-refractivity contribution in [2.24, 2.45) is 0 Å². The van der Waals surface area contributed by atoms with Gasteiger partial charge in [-0.1, -0.05) is 23.8 Å². The minimum atomic E-state index is 0.446. The molecule has 1 saturated heterocycles. The normalized spacial score (nSPS) is 18.2. The number of aromatic nitrogens is 2. The van der Waals surface area contributed by atoms with E-state index < -0.39 is 0 Å². The molecule has 0 aliphatic carbocycles. The van der Waals surface area contributed by atoms with Crippen LogP contribution in [0.5, 0.6) is 0 Å². The molecule has 104 valence electrons. The third-order valence-electron chi connectivity index (χ3n) is 3.75. The zero-order chi connectivity index (χ0) is 13.9. The summed E-state index contributed by atoms with van der Waals surface area (Å²) in [6.45, 7) is 6.28. The van der Waals surface area contributed by atoms with E-state index in [0.717, 1.165) is 25.1 Å². The van der Waals surface area contributed by atoms with Crippen LogP contribution in [0, 0.1) is 13.8 Å². The number of nitrogens with one attached hydrogen (secondary N) is 2. The van der Waals surface area contributed by atoms with Crippen LogP contribution in [0.25, 0.3) is 11.1 Å². The Balaban J connectivity index is 1.79. The highest BCUT2D eigenvalue weighted by Crippen LogP contribution is 2.23. The molecule has 0 spiro atoms. The van der Waals surface area contributed by atoms with Crippen molar-refractivity contribution < 1.29 is 0 Å². The lowest BCUT2D eigenvalue weighted by Gasteiger charge is -2.12. The van der Waals surface area contributed by atoms with Gasteiger partial charge in [-0.3, -0.25) is 0 Å². The van der Waals surface area contributed by atoms with E-state index in [2.05, 4.69) is 52.6 Å². The van der Waals surface area contributed by atoms with Crippen molar-refractivity contribution in [3.63, 3.8) is 0 Å². The van der Waals surface area contributed by atoms with Crippen molar-refractivity contribution in [2.75, 3.05) is 18.4 Å². The first-order valence-electron chi connectivity index (χ1n) is 7.09. The zero-order valence-corrected chi connectivity index (χ0v) is 12.0. The minimum absolute atomic E-state index is 0.446. The molecule has 0 radical (unpaired) electrons. The second-order valence-electron chi connectivity index (χ2n) is 5.45. The van der Waals surface area contributed by atoms with Crippen LogP contribution < -0.4 is 10.6 Å². The van der Waals surface area contributed by atoms with Crippen molar-refractivity contribution in [1.82, 2.24) is 15.3 Å². The maximum absolute atomic E-state index is 4.44. The topological polar surface area (TPSA) is 49.8 Å². The number of rotatable bonds is 3. The summed E-state index contributed by atoms with van der Waals surface area (Å²) in [6.07, 6.45) is 4.93. The van der Waals surface area contributed by atoms with Crippen LogP contribution >= 0.6 is 0 Å². The molecule has 0 saturated carbocycles. The maximum Gasteiger partial charge on any atom is 0.222 e. The van der Waals surface area contributed by atoms with Gasteiger partial charge in [0.1, 0.15) is 0 Å². The summed E-state index contributed by atoms with van der Waals surface area (Å²) in [4.78, 5) is 8.88. The highest BCUT2D eigenvalue weighted by Gasteiger charge is 2.14. The van der Waals surface area contributed by atoms with E-state index in [-0.39, 0.29) is 0 Å². The molecule has 2 aromatic rings. The summed E-state index contributed by atoms with van der Waals surface area (Å²) in [5.41, 5.74) is 4.78. The standard InChI is InChI=1S/C16H20N4/c1-11-3-4-12(2)15(7-11)13-8-18-16(19-9-13)20-14-5-6-17-10-14/h3-4,7-9,14,17H,5-6,10H2,1-2H3,(H,18,19,20). The Morgan fingerprint density at radius 1 is 1.20 bits per heavy atom. The number of aryl methyl sites for hydroxylation is 2. The van der Waals surface area contributed by atoms with E-state index in [1.165, 1.54) is 16.7 Å². The Morgan fingerprint density at radius 2 is 2.00 bits per heavy atom. The Bertz CT molecular complexity index is 586. The Hall–Kier alpha value is -1.94. The molecular weight excluding hydrogens is 248 g/mol. The Morgan fingerprint density at radius 3 is 2.70 bits per heavy atom. The van der Waals surface area contributed by atoms with Crippen molar-refractivity contribution in [1.29, 1.82) is 0 Å². The first-order valence-corrected chi connectivity index (χ1v) is 7.09. The van der Waals surface area contributed by atoms with Crippen molar-refractivity contribution in [3.8, 4) is 11.1 Å². The fraction of sp³-hybridized carbons (Fsp3) is 0.375. The molecule has 1 aromatic heterocycles. The minimum Gasteiger partial charge on any atom is -0.350 e. The van der Waals surface area contributed by atoms with Crippen LogP contribution in [-0.4, -0.2) is 29.1 Å². The van der Waals surface area contributed by atoms with E-state index >= 15 is 0 Å². The molecule has 1 fully saturated rings. The SMILES string of the molecule is Cc1ccc(C)c(-c2cnc(NC3CCNC3)nc2)c1. The predicted octanol–water partition coefficient (Wildman–Crippen LogP) is 2.53. The van der Waals surface area contributed by atoms with Gasteiger partial charge in [0, 0.05) is 30.5 Å². The van der Waals surface area contributed by atoms with Crippen molar-refractivity contribution in [2.45, 2.75) is 26.3 Å². The fourth-order valence-electron chi connectivity index (χ4n) is 2.55. The predicted molar refractivity (Wildman–Crippen MR) is 81.8 cm³/mol. The van der Waals surface area contributed by atoms with Gasteiger partial charge < -0.3 is 10.6 Å². The second kappa shape index (κ2) is 5.59.